The van der Waals surface area contributed by atoms with Crippen LogP contribution in [0.3, 0.4) is 0 Å². The van der Waals surface area contributed by atoms with Crippen LogP contribution >= 0.6 is 0 Å². The summed E-state index contributed by atoms with van der Waals surface area (Å²) in [6.45, 7) is 4.08. The third kappa shape index (κ3) is 3.70. The van der Waals surface area contributed by atoms with E-state index in [1.54, 1.807) is 0 Å². The lowest BCUT2D eigenvalue weighted by Crippen LogP contribution is -2.63. The Labute approximate surface area is 203 Å². The van der Waals surface area contributed by atoms with E-state index in [2.05, 4.69) is 24.8 Å². The van der Waals surface area contributed by atoms with Gasteiger partial charge in [0.15, 0.2) is 0 Å². The Balaban J connectivity index is 1.56. The summed E-state index contributed by atoms with van der Waals surface area (Å²) < 4.78 is 6.82. The minimum atomic E-state index is -1.07. The molecule has 2 N–H and O–H groups in total. The molecular weight excluding hydrogens is 446 g/mol. The van der Waals surface area contributed by atoms with Crippen LogP contribution in [0.4, 0.5) is 11.4 Å². The van der Waals surface area contributed by atoms with E-state index in [0.29, 0.717) is 12.3 Å². The van der Waals surface area contributed by atoms with Crippen LogP contribution in [0.25, 0.3) is 10.8 Å². The van der Waals surface area contributed by atoms with E-state index in [-0.39, 0.29) is 19.6 Å². The van der Waals surface area contributed by atoms with Crippen LogP contribution in [0.15, 0.2) is 65.7 Å². The summed E-state index contributed by atoms with van der Waals surface area (Å²) in [5, 5.41) is 20.6. The zero-order valence-corrected chi connectivity index (χ0v) is 19.6. The van der Waals surface area contributed by atoms with E-state index in [9.17, 15) is 19.8 Å². The number of carboxylic acids is 2. The summed E-state index contributed by atoms with van der Waals surface area (Å²) in [6.07, 6.45) is 1.85. The third-order valence-corrected chi connectivity index (χ3v) is 7.02. The number of aliphatic carboxylic acids is 2. The van der Waals surface area contributed by atoms with Crippen molar-refractivity contribution in [1.82, 2.24) is 4.90 Å². The van der Waals surface area contributed by atoms with Gasteiger partial charge in [0, 0.05) is 24.2 Å². The van der Waals surface area contributed by atoms with Gasteiger partial charge in [0.05, 0.1) is 24.7 Å². The maximum absolute atomic E-state index is 11.3. The molecule has 5 rings (SSSR count). The van der Waals surface area contributed by atoms with Gasteiger partial charge in [0.25, 0.3) is 0 Å². The Hall–Kier alpha value is -3.91. The van der Waals surface area contributed by atoms with Crippen molar-refractivity contribution in [3.05, 3.63) is 66.2 Å². The molecule has 0 radical (unpaired) electrons. The highest BCUT2D eigenvalue weighted by Crippen LogP contribution is 2.54. The van der Waals surface area contributed by atoms with Crippen molar-refractivity contribution >= 4 is 40.3 Å². The Bertz CT molecular complexity index is 1340. The average molecular weight is 474 g/mol. The van der Waals surface area contributed by atoms with Crippen molar-refractivity contribution in [1.29, 1.82) is 0 Å². The SMILES string of the molecule is CC1(C)c2ccccc2N(CCN(CC(=O)O)CC(=O)O)C12C=Nc1c(ccc3ccccc13)O2. The highest BCUT2D eigenvalue weighted by atomic mass is 16.5. The molecule has 0 fully saturated rings. The van der Waals surface area contributed by atoms with Gasteiger partial charge in [0.1, 0.15) is 11.4 Å². The second-order valence-corrected chi connectivity index (χ2v) is 9.48. The molecular formula is C27H27N3O5. The summed E-state index contributed by atoms with van der Waals surface area (Å²) in [5.41, 5.74) is 1.35. The lowest BCUT2D eigenvalue weighted by atomic mass is 9.77. The van der Waals surface area contributed by atoms with Gasteiger partial charge < -0.3 is 19.8 Å². The van der Waals surface area contributed by atoms with Crippen LogP contribution in [0.5, 0.6) is 5.75 Å². The lowest BCUT2D eigenvalue weighted by Gasteiger charge is -2.46. The highest BCUT2D eigenvalue weighted by molar-refractivity contribution is 5.99. The minimum Gasteiger partial charge on any atom is -0.480 e. The number of carbonyl (C=O) groups is 2. The number of hydrogen-bond acceptors (Lipinski definition) is 6. The number of benzene rings is 3. The van der Waals surface area contributed by atoms with Gasteiger partial charge in [-0.2, -0.15) is 0 Å². The predicted molar refractivity (Wildman–Crippen MR) is 134 cm³/mol. The summed E-state index contributed by atoms with van der Waals surface area (Å²) in [7, 11) is 0. The van der Waals surface area contributed by atoms with Gasteiger partial charge in [-0.05, 0) is 36.9 Å². The summed E-state index contributed by atoms with van der Waals surface area (Å²) >= 11 is 0. The number of anilines is 1. The van der Waals surface area contributed by atoms with Crippen molar-refractivity contribution in [3.8, 4) is 5.75 Å². The fourth-order valence-electron chi connectivity index (χ4n) is 5.28. The monoisotopic (exact) mass is 473 g/mol. The summed E-state index contributed by atoms with van der Waals surface area (Å²) in [4.78, 5) is 31.1. The van der Waals surface area contributed by atoms with Gasteiger partial charge in [-0.25, -0.2) is 0 Å². The minimum absolute atomic E-state index is 0.229. The quantitative estimate of drug-likeness (QED) is 0.537. The smallest absolute Gasteiger partial charge is 0.317 e. The second-order valence-electron chi connectivity index (χ2n) is 9.48. The molecule has 1 atom stereocenters. The molecule has 2 heterocycles. The van der Waals surface area contributed by atoms with Crippen LogP contribution in [0.1, 0.15) is 19.4 Å². The second kappa shape index (κ2) is 8.39. The molecule has 8 nitrogen and oxygen atoms in total. The number of aliphatic imine (C=N–C) groups is 1. The van der Waals surface area contributed by atoms with E-state index in [4.69, 9.17) is 9.73 Å². The van der Waals surface area contributed by atoms with Gasteiger partial charge >= 0.3 is 11.9 Å². The molecule has 2 aliphatic rings. The van der Waals surface area contributed by atoms with Crippen molar-refractivity contribution in [2.45, 2.75) is 25.0 Å². The van der Waals surface area contributed by atoms with E-state index in [1.165, 1.54) is 4.90 Å². The Morgan fingerprint density at radius 1 is 0.971 bits per heavy atom. The fraction of sp³-hybridized carbons (Fsp3) is 0.296. The summed E-state index contributed by atoms with van der Waals surface area (Å²) in [5.74, 6) is -1.47. The molecule has 3 aromatic rings. The molecule has 180 valence electrons. The van der Waals surface area contributed by atoms with E-state index < -0.39 is 23.1 Å². The standard InChI is InChI=1S/C27H27N3O5/c1-26(2)20-9-5-6-10-21(20)30(14-13-29(15-23(31)32)16-24(33)34)27(26)17-28-25-19-8-4-3-7-18(19)11-12-22(25)35-27/h3-12,17H,13-16H2,1-2H3,(H,31,32)(H,33,34). The number of para-hydroxylation sites is 1. The molecule has 1 unspecified atom stereocenters. The van der Waals surface area contributed by atoms with Crippen molar-refractivity contribution in [2.24, 2.45) is 4.99 Å². The number of hydrogen-bond donors (Lipinski definition) is 2. The molecule has 8 heteroatoms. The van der Waals surface area contributed by atoms with Crippen LogP contribution in [-0.2, 0) is 15.0 Å². The largest absolute Gasteiger partial charge is 0.480 e. The zero-order valence-electron chi connectivity index (χ0n) is 19.6. The van der Waals surface area contributed by atoms with Gasteiger partial charge in [-0.15, -0.1) is 0 Å². The number of rotatable bonds is 7. The summed E-state index contributed by atoms with van der Waals surface area (Å²) in [6, 6.07) is 20.0. The molecule has 3 aromatic carbocycles. The molecule has 0 saturated heterocycles. The first-order valence-corrected chi connectivity index (χ1v) is 11.5. The maximum Gasteiger partial charge on any atom is 0.317 e. The fourth-order valence-corrected chi connectivity index (χ4v) is 5.28. The Morgan fingerprint density at radius 2 is 1.66 bits per heavy atom. The van der Waals surface area contributed by atoms with E-state index in [1.807, 2.05) is 60.8 Å². The van der Waals surface area contributed by atoms with Crippen molar-refractivity contribution in [3.63, 3.8) is 0 Å². The van der Waals surface area contributed by atoms with Gasteiger partial charge in [-0.3, -0.25) is 19.5 Å². The van der Waals surface area contributed by atoms with Crippen molar-refractivity contribution < 1.29 is 24.5 Å². The average Bonchev–Trinajstić information content (AvgIpc) is 2.99. The van der Waals surface area contributed by atoms with Crippen molar-refractivity contribution in [2.75, 3.05) is 31.1 Å². The molecule has 0 amide bonds. The molecule has 35 heavy (non-hydrogen) atoms. The molecule has 0 aromatic heterocycles. The van der Waals surface area contributed by atoms with Gasteiger partial charge in [0.2, 0.25) is 5.72 Å². The number of fused-ring (bicyclic) bond motifs is 4. The third-order valence-electron chi connectivity index (χ3n) is 7.02. The Kier molecular flexibility index (Phi) is 5.48. The highest BCUT2D eigenvalue weighted by Gasteiger charge is 2.59. The normalized spacial score (nSPS) is 19.6. The van der Waals surface area contributed by atoms with E-state index >= 15 is 0 Å². The zero-order chi connectivity index (χ0) is 24.8. The predicted octanol–water partition coefficient (Wildman–Crippen LogP) is 3.90. The maximum atomic E-state index is 11.3. The van der Waals surface area contributed by atoms with Crippen LogP contribution < -0.4 is 9.64 Å². The number of nitrogens with zero attached hydrogens (tertiary/aromatic N) is 3. The molecule has 0 saturated carbocycles. The number of ether oxygens (including phenoxy) is 1. The topological polar surface area (TPSA) is 103 Å². The molecule has 0 aliphatic carbocycles. The lowest BCUT2D eigenvalue weighted by molar-refractivity contribution is -0.141. The number of carboxylic acid groups (broad SMARTS) is 2. The Morgan fingerprint density at radius 3 is 2.40 bits per heavy atom. The molecule has 1 spiro atoms. The first kappa shape index (κ1) is 22.9. The van der Waals surface area contributed by atoms with Crippen LogP contribution in [-0.4, -0.2) is 65.2 Å². The first-order valence-electron chi connectivity index (χ1n) is 11.5. The first-order chi connectivity index (χ1) is 16.7. The molecule has 2 aliphatic heterocycles. The van der Waals surface area contributed by atoms with Crippen LogP contribution in [0, 0.1) is 0 Å². The van der Waals surface area contributed by atoms with E-state index in [0.717, 1.165) is 27.7 Å². The van der Waals surface area contributed by atoms with Crippen LogP contribution in [0.2, 0.25) is 0 Å². The van der Waals surface area contributed by atoms with Gasteiger partial charge in [-0.1, -0.05) is 48.5 Å². The molecule has 0 bridgehead atoms.